The van der Waals surface area contributed by atoms with Gasteiger partial charge in [0.25, 0.3) is 5.91 Å². The molecule has 0 N–H and O–H groups in total. The normalized spacial score (nSPS) is 13.8. The minimum Gasteiger partial charge on any atom is -0.353 e. The SMILES string of the molecule is Cc1cccc(-c2nc(C)c(Cc3ccccc3)c(N3CCN(C(=O)c4cccs4)CC3)n2)c1. The van der Waals surface area contributed by atoms with Crippen LogP contribution >= 0.6 is 11.3 Å². The molecule has 0 saturated carbocycles. The van der Waals surface area contributed by atoms with Gasteiger partial charge in [0.2, 0.25) is 0 Å². The fraction of sp³-hybridized carbons (Fsp3) is 0.250. The second-order valence-electron chi connectivity index (χ2n) is 8.72. The van der Waals surface area contributed by atoms with Crippen molar-refractivity contribution in [2.75, 3.05) is 31.1 Å². The van der Waals surface area contributed by atoms with Gasteiger partial charge in [-0.15, -0.1) is 11.3 Å². The Hall–Kier alpha value is -3.51. The number of hydrogen-bond acceptors (Lipinski definition) is 5. The molecule has 1 aliphatic heterocycles. The summed E-state index contributed by atoms with van der Waals surface area (Å²) >= 11 is 1.50. The van der Waals surface area contributed by atoms with E-state index >= 15 is 0 Å². The minimum atomic E-state index is 0.124. The summed E-state index contributed by atoms with van der Waals surface area (Å²) in [6, 6.07) is 22.7. The van der Waals surface area contributed by atoms with Gasteiger partial charge in [0.15, 0.2) is 5.82 Å². The highest BCUT2D eigenvalue weighted by atomic mass is 32.1. The molecule has 4 aromatic rings. The third-order valence-corrected chi connectivity index (χ3v) is 7.15. The molecule has 1 saturated heterocycles. The summed E-state index contributed by atoms with van der Waals surface area (Å²) in [7, 11) is 0. The zero-order valence-electron chi connectivity index (χ0n) is 19.6. The van der Waals surface area contributed by atoms with Crippen LogP contribution in [0, 0.1) is 13.8 Å². The zero-order chi connectivity index (χ0) is 23.5. The van der Waals surface area contributed by atoms with Gasteiger partial charge in [0.1, 0.15) is 5.82 Å². The number of anilines is 1. The van der Waals surface area contributed by atoms with Gasteiger partial charge in [0.05, 0.1) is 4.88 Å². The van der Waals surface area contributed by atoms with Crippen LogP contribution in [0.25, 0.3) is 11.4 Å². The molecule has 172 valence electrons. The molecule has 5 nitrogen and oxygen atoms in total. The maximum atomic E-state index is 12.8. The van der Waals surface area contributed by atoms with Crippen LogP contribution < -0.4 is 4.90 Å². The Morgan fingerprint density at radius 2 is 1.71 bits per heavy atom. The Morgan fingerprint density at radius 3 is 2.41 bits per heavy atom. The van der Waals surface area contributed by atoms with Crippen molar-refractivity contribution < 1.29 is 4.79 Å². The molecule has 0 aliphatic carbocycles. The standard InChI is InChI=1S/C28H28N4OS/c1-20-8-6-11-23(18-20)26-29-21(2)24(19-22-9-4-3-5-10-22)27(30-26)31-13-15-32(16-14-31)28(33)25-12-7-17-34-25/h3-12,17-18H,13-16,19H2,1-2H3. The topological polar surface area (TPSA) is 49.3 Å². The minimum absolute atomic E-state index is 0.124. The summed E-state index contributed by atoms with van der Waals surface area (Å²) in [5.41, 5.74) is 5.62. The van der Waals surface area contributed by atoms with Crippen LogP contribution in [0.1, 0.15) is 32.1 Å². The number of piperazine rings is 1. The van der Waals surface area contributed by atoms with Gasteiger partial charge >= 0.3 is 0 Å². The highest BCUT2D eigenvalue weighted by Gasteiger charge is 2.26. The Labute approximate surface area is 204 Å². The van der Waals surface area contributed by atoms with Crippen LogP contribution in [-0.4, -0.2) is 47.0 Å². The molecule has 0 unspecified atom stereocenters. The summed E-state index contributed by atoms with van der Waals surface area (Å²) in [4.78, 5) is 27.9. The third kappa shape index (κ3) is 4.73. The van der Waals surface area contributed by atoms with Crippen LogP contribution in [0.2, 0.25) is 0 Å². The summed E-state index contributed by atoms with van der Waals surface area (Å²) in [5.74, 6) is 1.86. The van der Waals surface area contributed by atoms with Gasteiger partial charge < -0.3 is 9.80 Å². The molecule has 0 bridgehead atoms. The van der Waals surface area contributed by atoms with Crippen LogP contribution in [0.5, 0.6) is 0 Å². The first-order chi connectivity index (χ1) is 16.6. The number of nitrogens with zero attached hydrogens (tertiary/aromatic N) is 4. The van der Waals surface area contributed by atoms with Gasteiger partial charge in [-0.2, -0.15) is 0 Å². The molecule has 0 radical (unpaired) electrons. The van der Waals surface area contributed by atoms with Gasteiger partial charge in [-0.05, 0) is 36.9 Å². The maximum Gasteiger partial charge on any atom is 0.264 e. The van der Waals surface area contributed by atoms with E-state index < -0.39 is 0 Å². The Kier molecular flexibility index (Phi) is 6.41. The van der Waals surface area contributed by atoms with Gasteiger partial charge in [-0.25, -0.2) is 9.97 Å². The molecule has 0 atom stereocenters. The van der Waals surface area contributed by atoms with Crippen molar-refractivity contribution in [2.45, 2.75) is 20.3 Å². The van der Waals surface area contributed by atoms with Crippen LogP contribution in [-0.2, 0) is 6.42 Å². The Balaban J connectivity index is 1.47. The molecule has 2 aromatic carbocycles. The Morgan fingerprint density at radius 1 is 0.912 bits per heavy atom. The predicted octanol–water partition coefficient (Wildman–Crippen LogP) is 5.38. The molecular formula is C28H28N4OS. The van der Waals surface area contributed by atoms with Crippen molar-refractivity contribution in [1.29, 1.82) is 0 Å². The molecule has 1 amide bonds. The van der Waals surface area contributed by atoms with Crippen LogP contribution in [0.15, 0.2) is 72.1 Å². The Bertz CT molecular complexity index is 1280. The largest absolute Gasteiger partial charge is 0.353 e. The van der Waals surface area contributed by atoms with Gasteiger partial charge in [0, 0.05) is 49.4 Å². The summed E-state index contributed by atoms with van der Waals surface area (Å²) in [6.45, 7) is 7.05. The number of thiophene rings is 1. The van der Waals surface area contributed by atoms with Crippen molar-refractivity contribution in [3.05, 3.63) is 99.4 Å². The monoisotopic (exact) mass is 468 g/mol. The van der Waals surface area contributed by atoms with E-state index in [0.717, 1.165) is 52.9 Å². The first kappa shape index (κ1) is 22.3. The number of hydrogen-bond donors (Lipinski definition) is 0. The number of rotatable bonds is 5. The van der Waals surface area contributed by atoms with Crippen molar-refractivity contribution >= 4 is 23.1 Å². The molecular weight excluding hydrogens is 440 g/mol. The van der Waals surface area contributed by atoms with E-state index in [2.05, 4.69) is 67.3 Å². The van der Waals surface area contributed by atoms with E-state index in [9.17, 15) is 4.79 Å². The zero-order valence-corrected chi connectivity index (χ0v) is 20.4. The lowest BCUT2D eigenvalue weighted by Gasteiger charge is -2.36. The lowest BCUT2D eigenvalue weighted by atomic mass is 10.0. The molecule has 3 heterocycles. The highest BCUT2D eigenvalue weighted by molar-refractivity contribution is 7.12. The van der Waals surface area contributed by atoms with Gasteiger partial charge in [-0.1, -0.05) is 60.2 Å². The van der Waals surface area contributed by atoms with Crippen molar-refractivity contribution in [3.63, 3.8) is 0 Å². The van der Waals surface area contributed by atoms with Crippen LogP contribution in [0.3, 0.4) is 0 Å². The molecule has 0 spiro atoms. The quantitative estimate of drug-likeness (QED) is 0.395. The first-order valence-corrected chi connectivity index (χ1v) is 12.5. The number of aryl methyl sites for hydroxylation is 2. The fourth-order valence-corrected chi connectivity index (χ4v) is 5.13. The van der Waals surface area contributed by atoms with E-state index in [1.54, 1.807) is 0 Å². The second-order valence-corrected chi connectivity index (χ2v) is 9.67. The lowest BCUT2D eigenvalue weighted by Crippen LogP contribution is -2.49. The second kappa shape index (κ2) is 9.77. The van der Waals surface area contributed by atoms with Gasteiger partial charge in [-0.3, -0.25) is 4.79 Å². The molecule has 1 aliphatic rings. The first-order valence-electron chi connectivity index (χ1n) is 11.6. The van der Waals surface area contributed by atoms with E-state index in [4.69, 9.17) is 9.97 Å². The number of amides is 1. The lowest BCUT2D eigenvalue weighted by molar-refractivity contribution is 0.0751. The molecule has 2 aromatic heterocycles. The average molecular weight is 469 g/mol. The van der Waals surface area contributed by atoms with Crippen molar-refractivity contribution in [1.82, 2.24) is 14.9 Å². The average Bonchev–Trinajstić information content (AvgIpc) is 3.41. The summed E-state index contributed by atoms with van der Waals surface area (Å²) in [5, 5.41) is 1.95. The van der Waals surface area contributed by atoms with Crippen molar-refractivity contribution in [3.8, 4) is 11.4 Å². The molecule has 5 rings (SSSR count). The molecule has 1 fully saturated rings. The van der Waals surface area contributed by atoms with Crippen LogP contribution in [0.4, 0.5) is 5.82 Å². The number of carbonyl (C=O) groups is 1. The van der Waals surface area contributed by atoms with E-state index in [0.29, 0.717) is 13.1 Å². The fourth-order valence-electron chi connectivity index (χ4n) is 4.44. The molecule has 6 heteroatoms. The summed E-state index contributed by atoms with van der Waals surface area (Å²) in [6.07, 6.45) is 0.782. The number of aromatic nitrogens is 2. The van der Waals surface area contributed by atoms with E-state index in [1.807, 2.05) is 28.5 Å². The predicted molar refractivity (Wildman–Crippen MR) is 139 cm³/mol. The summed E-state index contributed by atoms with van der Waals surface area (Å²) < 4.78 is 0. The smallest absolute Gasteiger partial charge is 0.264 e. The number of carbonyl (C=O) groups excluding carboxylic acids is 1. The molecule has 34 heavy (non-hydrogen) atoms. The van der Waals surface area contributed by atoms with E-state index in [-0.39, 0.29) is 5.91 Å². The highest BCUT2D eigenvalue weighted by Crippen LogP contribution is 2.29. The third-order valence-electron chi connectivity index (χ3n) is 6.29. The van der Waals surface area contributed by atoms with Crippen molar-refractivity contribution in [2.24, 2.45) is 0 Å². The van der Waals surface area contributed by atoms with E-state index in [1.165, 1.54) is 22.5 Å². The maximum absolute atomic E-state index is 12.8. The number of benzene rings is 2.